The maximum absolute atomic E-state index is 14.4. The largest absolute Gasteiger partial charge is 0.479 e. The molecule has 0 bridgehead atoms. The van der Waals surface area contributed by atoms with Gasteiger partial charge in [0, 0.05) is 18.9 Å². The molecule has 0 spiro atoms. The molecule has 136 valence electrons. The van der Waals surface area contributed by atoms with Crippen LogP contribution in [0.3, 0.4) is 0 Å². The van der Waals surface area contributed by atoms with Gasteiger partial charge in [-0.15, -0.1) is 0 Å². The third-order valence-electron chi connectivity index (χ3n) is 4.91. The van der Waals surface area contributed by atoms with Crippen molar-refractivity contribution in [1.82, 2.24) is 4.90 Å². The minimum Gasteiger partial charge on any atom is -0.479 e. The summed E-state index contributed by atoms with van der Waals surface area (Å²) < 4.78 is 14.4. The third kappa shape index (κ3) is 4.10. The van der Waals surface area contributed by atoms with E-state index >= 15 is 0 Å². The van der Waals surface area contributed by atoms with Crippen molar-refractivity contribution in [3.05, 3.63) is 71.8 Å². The fourth-order valence-corrected chi connectivity index (χ4v) is 3.44. The lowest BCUT2D eigenvalue weighted by Crippen LogP contribution is -2.41. The standard InChI is InChI=1S/C21H22FNO3/c22-21(20(25)26)11-12-23(15-21)19(24)18(13-16-7-3-1-4-8-16)14-17-9-5-2-6-10-17/h1-10,18H,11-15H2,(H,25,26). The Morgan fingerprint density at radius 1 is 1.00 bits per heavy atom. The fraction of sp³-hybridized carbons (Fsp3) is 0.333. The number of carboxylic acids is 1. The molecule has 1 N–H and O–H groups in total. The van der Waals surface area contributed by atoms with Gasteiger partial charge in [0.15, 0.2) is 0 Å². The van der Waals surface area contributed by atoms with E-state index in [1.165, 1.54) is 4.90 Å². The van der Waals surface area contributed by atoms with Crippen LogP contribution in [-0.2, 0) is 22.4 Å². The van der Waals surface area contributed by atoms with Crippen molar-refractivity contribution in [1.29, 1.82) is 0 Å². The predicted octanol–water partition coefficient (Wildman–Crippen LogP) is 3.11. The molecular weight excluding hydrogens is 333 g/mol. The Labute approximate surface area is 152 Å². The second-order valence-electron chi connectivity index (χ2n) is 6.86. The maximum Gasteiger partial charge on any atom is 0.343 e. The van der Waals surface area contributed by atoms with Gasteiger partial charge in [0.05, 0.1) is 6.54 Å². The van der Waals surface area contributed by atoms with Crippen LogP contribution in [0, 0.1) is 5.92 Å². The van der Waals surface area contributed by atoms with Gasteiger partial charge in [-0.2, -0.15) is 0 Å². The molecular formula is C21H22FNO3. The first-order chi connectivity index (χ1) is 12.5. The summed E-state index contributed by atoms with van der Waals surface area (Å²) >= 11 is 0. The van der Waals surface area contributed by atoms with Gasteiger partial charge in [-0.25, -0.2) is 9.18 Å². The summed E-state index contributed by atoms with van der Waals surface area (Å²) in [7, 11) is 0. The number of carbonyl (C=O) groups is 2. The molecule has 3 rings (SSSR count). The summed E-state index contributed by atoms with van der Waals surface area (Å²) in [6.45, 7) is -0.233. The number of aliphatic carboxylic acids is 1. The van der Waals surface area contributed by atoms with E-state index in [9.17, 15) is 14.0 Å². The molecule has 1 aliphatic heterocycles. The van der Waals surface area contributed by atoms with E-state index in [4.69, 9.17) is 5.11 Å². The molecule has 2 aromatic carbocycles. The fourth-order valence-electron chi connectivity index (χ4n) is 3.44. The zero-order chi connectivity index (χ0) is 18.6. The normalized spacial score (nSPS) is 19.7. The van der Waals surface area contributed by atoms with Crippen molar-refractivity contribution < 1.29 is 19.1 Å². The van der Waals surface area contributed by atoms with Crippen LogP contribution in [0.5, 0.6) is 0 Å². The number of hydrogen-bond donors (Lipinski definition) is 1. The van der Waals surface area contributed by atoms with Crippen LogP contribution in [0.2, 0.25) is 0 Å². The Bertz CT molecular complexity index is 724. The third-order valence-corrected chi connectivity index (χ3v) is 4.91. The summed E-state index contributed by atoms with van der Waals surface area (Å²) in [5.41, 5.74) is -0.267. The highest BCUT2D eigenvalue weighted by Gasteiger charge is 2.47. The quantitative estimate of drug-likeness (QED) is 0.866. The minimum atomic E-state index is -2.33. The number of nitrogens with zero attached hydrogens (tertiary/aromatic N) is 1. The lowest BCUT2D eigenvalue weighted by molar-refractivity contribution is -0.150. The topological polar surface area (TPSA) is 57.6 Å². The van der Waals surface area contributed by atoms with Crippen LogP contribution in [0.4, 0.5) is 4.39 Å². The van der Waals surface area contributed by atoms with E-state index in [2.05, 4.69) is 0 Å². The van der Waals surface area contributed by atoms with Gasteiger partial charge in [0.2, 0.25) is 11.6 Å². The number of benzene rings is 2. The summed E-state index contributed by atoms with van der Waals surface area (Å²) in [5, 5.41) is 9.07. The van der Waals surface area contributed by atoms with Crippen molar-refractivity contribution in [2.75, 3.05) is 13.1 Å². The van der Waals surface area contributed by atoms with Crippen LogP contribution in [0.15, 0.2) is 60.7 Å². The number of rotatable bonds is 6. The first-order valence-electron chi connectivity index (χ1n) is 8.77. The van der Waals surface area contributed by atoms with Crippen LogP contribution in [-0.4, -0.2) is 40.6 Å². The highest BCUT2D eigenvalue weighted by atomic mass is 19.1. The van der Waals surface area contributed by atoms with Crippen LogP contribution in [0.25, 0.3) is 0 Å². The molecule has 4 nitrogen and oxygen atoms in total. The zero-order valence-corrected chi connectivity index (χ0v) is 14.5. The summed E-state index contributed by atoms with van der Waals surface area (Å²) in [5.74, 6) is -2.02. The van der Waals surface area contributed by atoms with E-state index < -0.39 is 11.6 Å². The summed E-state index contributed by atoms with van der Waals surface area (Å²) in [6.07, 6.45) is 0.923. The first kappa shape index (κ1) is 18.1. The Morgan fingerprint density at radius 3 is 1.92 bits per heavy atom. The van der Waals surface area contributed by atoms with Crippen molar-refractivity contribution in [2.24, 2.45) is 5.92 Å². The Morgan fingerprint density at radius 2 is 1.50 bits per heavy atom. The molecule has 1 aliphatic rings. The zero-order valence-electron chi connectivity index (χ0n) is 14.5. The second-order valence-corrected chi connectivity index (χ2v) is 6.86. The van der Waals surface area contributed by atoms with Gasteiger partial charge in [0.25, 0.3) is 0 Å². The Balaban J connectivity index is 1.78. The van der Waals surface area contributed by atoms with Gasteiger partial charge in [0.1, 0.15) is 0 Å². The van der Waals surface area contributed by atoms with Crippen molar-refractivity contribution in [2.45, 2.75) is 24.9 Å². The lowest BCUT2D eigenvalue weighted by atomic mass is 9.91. The molecule has 26 heavy (non-hydrogen) atoms. The highest BCUT2D eigenvalue weighted by Crippen LogP contribution is 2.28. The number of carbonyl (C=O) groups excluding carboxylic acids is 1. The van der Waals surface area contributed by atoms with Gasteiger partial charge in [-0.05, 0) is 24.0 Å². The molecule has 5 heteroatoms. The molecule has 1 amide bonds. The first-order valence-corrected chi connectivity index (χ1v) is 8.77. The summed E-state index contributed by atoms with van der Waals surface area (Å²) in [4.78, 5) is 25.5. The molecule has 0 aromatic heterocycles. The lowest BCUT2D eigenvalue weighted by Gasteiger charge is -2.24. The average Bonchev–Trinajstić information content (AvgIpc) is 3.06. The van der Waals surface area contributed by atoms with E-state index in [1.807, 2.05) is 60.7 Å². The Kier molecular flexibility index (Phi) is 5.35. The molecule has 2 aromatic rings. The molecule has 1 fully saturated rings. The van der Waals surface area contributed by atoms with E-state index in [0.717, 1.165) is 11.1 Å². The van der Waals surface area contributed by atoms with Crippen molar-refractivity contribution in [3.63, 3.8) is 0 Å². The van der Waals surface area contributed by atoms with Gasteiger partial charge in [-0.3, -0.25) is 4.79 Å². The number of alkyl halides is 1. The number of halogens is 1. The van der Waals surface area contributed by atoms with Gasteiger partial charge >= 0.3 is 5.97 Å². The summed E-state index contributed by atoms with van der Waals surface area (Å²) in [6, 6.07) is 19.4. The monoisotopic (exact) mass is 355 g/mol. The Hall–Kier alpha value is -2.69. The highest BCUT2D eigenvalue weighted by molar-refractivity contribution is 5.83. The van der Waals surface area contributed by atoms with Gasteiger partial charge < -0.3 is 10.0 Å². The number of likely N-dealkylation sites (tertiary alicyclic amines) is 1. The van der Waals surface area contributed by atoms with E-state index in [0.29, 0.717) is 12.8 Å². The van der Waals surface area contributed by atoms with E-state index in [1.54, 1.807) is 0 Å². The molecule has 1 saturated heterocycles. The van der Waals surface area contributed by atoms with Crippen molar-refractivity contribution >= 4 is 11.9 Å². The number of hydrogen-bond acceptors (Lipinski definition) is 2. The number of carboxylic acid groups (broad SMARTS) is 1. The average molecular weight is 355 g/mol. The van der Waals surface area contributed by atoms with E-state index in [-0.39, 0.29) is 31.3 Å². The molecule has 0 saturated carbocycles. The second kappa shape index (κ2) is 7.68. The maximum atomic E-state index is 14.4. The smallest absolute Gasteiger partial charge is 0.343 e. The SMILES string of the molecule is O=C(C(Cc1ccccc1)Cc1ccccc1)N1CCC(F)(C(=O)O)C1. The molecule has 1 atom stereocenters. The van der Waals surface area contributed by atoms with Gasteiger partial charge in [-0.1, -0.05) is 60.7 Å². The minimum absolute atomic E-state index is 0.141. The molecule has 1 unspecified atom stereocenters. The molecule has 1 heterocycles. The molecule has 0 radical (unpaired) electrons. The van der Waals surface area contributed by atoms with Crippen molar-refractivity contribution in [3.8, 4) is 0 Å². The molecule has 0 aliphatic carbocycles. The number of amides is 1. The predicted molar refractivity (Wildman–Crippen MR) is 96.5 cm³/mol. The van der Waals surface area contributed by atoms with Crippen LogP contribution < -0.4 is 0 Å². The van der Waals surface area contributed by atoms with Crippen LogP contribution >= 0.6 is 0 Å². The van der Waals surface area contributed by atoms with Crippen LogP contribution in [0.1, 0.15) is 17.5 Å².